The van der Waals surface area contributed by atoms with E-state index in [-0.39, 0.29) is 5.54 Å². The van der Waals surface area contributed by atoms with Crippen LogP contribution in [0.25, 0.3) is 0 Å². The van der Waals surface area contributed by atoms with Crippen LogP contribution in [0.2, 0.25) is 0 Å². The summed E-state index contributed by atoms with van der Waals surface area (Å²) in [5, 5.41) is 0. The van der Waals surface area contributed by atoms with Crippen molar-refractivity contribution in [3.8, 4) is 0 Å². The molecule has 0 aromatic heterocycles. The van der Waals surface area contributed by atoms with Crippen molar-refractivity contribution in [3.63, 3.8) is 0 Å². The Kier molecular flexibility index (Phi) is 7.04. The zero-order valence-electron chi connectivity index (χ0n) is 11.4. The summed E-state index contributed by atoms with van der Waals surface area (Å²) in [6, 6.07) is 0. The first kappa shape index (κ1) is 14.9. The predicted molar refractivity (Wildman–Crippen MR) is 70.2 cm³/mol. The van der Waals surface area contributed by atoms with E-state index in [1.54, 1.807) is 0 Å². The molecule has 1 fully saturated rings. The highest BCUT2D eigenvalue weighted by Crippen LogP contribution is 2.27. The van der Waals surface area contributed by atoms with E-state index in [2.05, 4.69) is 11.8 Å². The van der Waals surface area contributed by atoms with Crippen LogP contribution in [0.15, 0.2) is 0 Å². The number of likely N-dealkylation sites (N-methyl/N-ethyl adjacent to an activating group) is 1. The van der Waals surface area contributed by atoms with Crippen LogP contribution in [-0.4, -0.2) is 56.5 Å². The number of rotatable bonds is 7. The molecule has 102 valence electrons. The van der Waals surface area contributed by atoms with Crippen LogP contribution >= 0.6 is 0 Å². The van der Waals surface area contributed by atoms with Gasteiger partial charge in [-0.2, -0.15) is 0 Å². The summed E-state index contributed by atoms with van der Waals surface area (Å²) in [6.07, 6.45) is 3.30. The quantitative estimate of drug-likeness (QED) is 0.685. The van der Waals surface area contributed by atoms with Crippen LogP contribution in [0.1, 0.15) is 33.1 Å². The smallest absolute Gasteiger partial charge is 0.0593 e. The molecule has 1 unspecified atom stereocenters. The van der Waals surface area contributed by atoms with Crippen LogP contribution < -0.4 is 5.73 Å². The first-order valence-electron chi connectivity index (χ1n) is 6.89. The number of hydrogen-bond acceptors (Lipinski definition) is 4. The number of ether oxygens (including phenoxy) is 2. The predicted octanol–water partition coefficient (Wildman–Crippen LogP) is 1.24. The largest absolute Gasteiger partial charge is 0.381 e. The van der Waals surface area contributed by atoms with Gasteiger partial charge in [-0.15, -0.1) is 0 Å². The third-order valence-corrected chi connectivity index (χ3v) is 3.78. The summed E-state index contributed by atoms with van der Waals surface area (Å²) < 4.78 is 11.0. The molecule has 1 atom stereocenters. The van der Waals surface area contributed by atoms with E-state index in [1.165, 1.54) is 0 Å². The van der Waals surface area contributed by atoms with Gasteiger partial charge in [0.2, 0.25) is 0 Å². The zero-order valence-corrected chi connectivity index (χ0v) is 11.4. The van der Waals surface area contributed by atoms with Gasteiger partial charge in [-0.3, -0.25) is 4.90 Å². The van der Waals surface area contributed by atoms with Gasteiger partial charge in [-0.25, -0.2) is 0 Å². The first-order valence-corrected chi connectivity index (χ1v) is 6.89. The molecule has 0 aromatic carbocycles. The second-order valence-corrected chi connectivity index (χ2v) is 4.67. The van der Waals surface area contributed by atoms with Gasteiger partial charge in [-0.1, -0.05) is 6.92 Å². The molecular weight excluding hydrogens is 216 g/mol. The maximum Gasteiger partial charge on any atom is 0.0593 e. The lowest BCUT2D eigenvalue weighted by molar-refractivity contribution is 0.0378. The average Bonchev–Trinajstić information content (AvgIpc) is 2.61. The Bertz CT molecular complexity index is 192. The Balaban J connectivity index is 2.58. The van der Waals surface area contributed by atoms with Gasteiger partial charge in [0.25, 0.3) is 0 Å². The van der Waals surface area contributed by atoms with Gasteiger partial charge in [0, 0.05) is 38.4 Å². The Morgan fingerprint density at radius 3 is 2.76 bits per heavy atom. The monoisotopic (exact) mass is 244 g/mol. The third kappa shape index (κ3) is 4.21. The van der Waals surface area contributed by atoms with Gasteiger partial charge >= 0.3 is 0 Å². The fourth-order valence-corrected chi connectivity index (χ4v) is 2.69. The summed E-state index contributed by atoms with van der Waals surface area (Å²) in [5.41, 5.74) is 6.18. The highest BCUT2D eigenvalue weighted by atomic mass is 16.5. The second kappa shape index (κ2) is 8.03. The molecule has 1 aliphatic rings. The van der Waals surface area contributed by atoms with Gasteiger partial charge in [0.1, 0.15) is 0 Å². The van der Waals surface area contributed by atoms with E-state index in [9.17, 15) is 0 Å². The van der Waals surface area contributed by atoms with E-state index < -0.39 is 0 Å². The summed E-state index contributed by atoms with van der Waals surface area (Å²) >= 11 is 0. The molecule has 1 aliphatic heterocycles. The van der Waals surface area contributed by atoms with Gasteiger partial charge in [-0.05, 0) is 32.7 Å². The van der Waals surface area contributed by atoms with E-state index in [1.807, 2.05) is 6.92 Å². The lowest BCUT2D eigenvalue weighted by Crippen LogP contribution is -2.55. The molecule has 17 heavy (non-hydrogen) atoms. The molecule has 1 rings (SSSR count). The zero-order chi connectivity index (χ0) is 12.6. The molecule has 4 nitrogen and oxygen atoms in total. The highest BCUT2D eigenvalue weighted by Gasteiger charge is 2.34. The molecule has 4 heteroatoms. The molecule has 0 spiro atoms. The van der Waals surface area contributed by atoms with Crippen molar-refractivity contribution in [1.82, 2.24) is 4.90 Å². The molecule has 0 amide bonds. The Labute approximate surface area is 105 Å². The number of nitrogens with two attached hydrogens (primary N) is 1. The molecular formula is C13H28N2O2. The molecule has 1 heterocycles. The third-order valence-electron chi connectivity index (χ3n) is 3.78. The summed E-state index contributed by atoms with van der Waals surface area (Å²) in [4.78, 5) is 2.48. The molecule has 0 aromatic rings. The van der Waals surface area contributed by atoms with E-state index >= 15 is 0 Å². The minimum absolute atomic E-state index is 0.127. The van der Waals surface area contributed by atoms with Crippen LogP contribution in [0.4, 0.5) is 0 Å². The van der Waals surface area contributed by atoms with E-state index in [4.69, 9.17) is 15.2 Å². The maximum atomic E-state index is 6.05. The topological polar surface area (TPSA) is 47.7 Å². The highest BCUT2D eigenvalue weighted by molar-refractivity contribution is 4.92. The fourth-order valence-electron chi connectivity index (χ4n) is 2.69. The van der Waals surface area contributed by atoms with Crippen LogP contribution in [0.3, 0.4) is 0 Å². The Hall–Kier alpha value is -0.160. The van der Waals surface area contributed by atoms with Gasteiger partial charge < -0.3 is 15.2 Å². The van der Waals surface area contributed by atoms with E-state index in [0.29, 0.717) is 0 Å². The Morgan fingerprint density at radius 2 is 2.12 bits per heavy atom. The van der Waals surface area contributed by atoms with Crippen molar-refractivity contribution in [3.05, 3.63) is 0 Å². The maximum absolute atomic E-state index is 6.05. The SMILES string of the molecule is CCOCCN(CC)C1(CN)CCCOCC1. The van der Waals surface area contributed by atoms with Crippen molar-refractivity contribution >= 4 is 0 Å². The van der Waals surface area contributed by atoms with Crippen molar-refractivity contribution in [2.24, 2.45) is 5.73 Å². The standard InChI is InChI=1S/C13H28N2O2/c1-3-15(8-11-16-4-2)13(12-14)6-5-9-17-10-7-13/h3-12,14H2,1-2H3. The summed E-state index contributed by atoms with van der Waals surface area (Å²) in [6.45, 7) is 10.3. The Morgan fingerprint density at radius 1 is 1.29 bits per heavy atom. The van der Waals surface area contributed by atoms with Crippen molar-refractivity contribution < 1.29 is 9.47 Å². The van der Waals surface area contributed by atoms with Crippen LogP contribution in [0.5, 0.6) is 0 Å². The molecule has 0 radical (unpaired) electrons. The summed E-state index contributed by atoms with van der Waals surface area (Å²) in [7, 11) is 0. The minimum atomic E-state index is 0.127. The lowest BCUT2D eigenvalue weighted by atomic mass is 9.88. The molecule has 1 saturated heterocycles. The summed E-state index contributed by atoms with van der Waals surface area (Å²) in [5.74, 6) is 0. The van der Waals surface area contributed by atoms with Gasteiger partial charge in [0.05, 0.1) is 6.61 Å². The fraction of sp³-hybridized carbons (Fsp3) is 1.00. The first-order chi connectivity index (χ1) is 8.29. The van der Waals surface area contributed by atoms with Crippen LogP contribution in [-0.2, 0) is 9.47 Å². The van der Waals surface area contributed by atoms with E-state index in [0.717, 1.165) is 65.3 Å². The lowest BCUT2D eigenvalue weighted by Gasteiger charge is -2.42. The van der Waals surface area contributed by atoms with Crippen molar-refractivity contribution in [2.75, 3.05) is 46.1 Å². The normalized spacial score (nSPS) is 26.1. The van der Waals surface area contributed by atoms with Crippen molar-refractivity contribution in [1.29, 1.82) is 0 Å². The molecule has 0 saturated carbocycles. The molecule has 0 bridgehead atoms. The van der Waals surface area contributed by atoms with Gasteiger partial charge in [0.15, 0.2) is 0 Å². The van der Waals surface area contributed by atoms with Crippen LogP contribution in [0, 0.1) is 0 Å². The average molecular weight is 244 g/mol. The number of nitrogens with zero attached hydrogens (tertiary/aromatic N) is 1. The molecule has 2 N–H and O–H groups in total. The minimum Gasteiger partial charge on any atom is -0.381 e. The number of hydrogen-bond donors (Lipinski definition) is 1. The van der Waals surface area contributed by atoms with Crippen molar-refractivity contribution in [2.45, 2.75) is 38.6 Å². The second-order valence-electron chi connectivity index (χ2n) is 4.67. The molecule has 0 aliphatic carbocycles.